The summed E-state index contributed by atoms with van der Waals surface area (Å²) < 4.78 is 22.7. The molecule has 156 valence electrons. The van der Waals surface area contributed by atoms with Gasteiger partial charge in [0.25, 0.3) is 5.69 Å². The Kier molecular flexibility index (Phi) is 6.73. The topological polar surface area (TPSA) is 136 Å². The molecule has 0 unspecified atom stereocenters. The van der Waals surface area contributed by atoms with Gasteiger partial charge in [0, 0.05) is 12.1 Å². The Bertz CT molecular complexity index is 1040. The van der Waals surface area contributed by atoms with E-state index in [1.165, 1.54) is 18.2 Å². The van der Waals surface area contributed by atoms with Crippen LogP contribution in [-0.4, -0.2) is 37.7 Å². The number of nitrogens with zero attached hydrogens (tertiary/aromatic N) is 2. The molecule has 0 saturated carbocycles. The molecule has 0 heterocycles. The Morgan fingerprint density at radius 2 is 1.79 bits per heavy atom. The van der Waals surface area contributed by atoms with Crippen molar-refractivity contribution in [3.63, 3.8) is 0 Å². The van der Waals surface area contributed by atoms with Crippen LogP contribution in [0.2, 0.25) is 0 Å². The van der Waals surface area contributed by atoms with E-state index in [0.717, 1.165) is 11.1 Å². The zero-order valence-corrected chi connectivity index (χ0v) is 17.5. The molecule has 2 aromatic carbocycles. The largest absolute Gasteiger partial charge is 0.319 e. The average molecular weight is 420 g/mol. The molecule has 3 N–H and O–H groups in total. The molecule has 2 aromatic rings. The molecule has 0 aromatic heterocycles. The molecule has 29 heavy (non-hydrogen) atoms. The number of hydrogen-bond donors (Lipinski definition) is 2. The zero-order valence-electron chi connectivity index (χ0n) is 16.7. The van der Waals surface area contributed by atoms with Gasteiger partial charge in [-0.3, -0.25) is 19.8 Å². The normalized spacial score (nSPS) is 12.6. The van der Waals surface area contributed by atoms with Crippen molar-refractivity contribution < 1.29 is 18.1 Å². The van der Waals surface area contributed by atoms with Crippen molar-refractivity contribution in [1.82, 2.24) is 4.90 Å². The Labute approximate surface area is 169 Å². The smallest absolute Gasteiger partial charge is 0.293 e. The van der Waals surface area contributed by atoms with E-state index < -0.39 is 20.9 Å². The predicted octanol–water partition coefficient (Wildman–Crippen LogP) is 2.49. The van der Waals surface area contributed by atoms with E-state index in [-0.39, 0.29) is 28.9 Å². The number of rotatable bonds is 7. The number of nitrogens with two attached hydrogens (primary N) is 1. The molecule has 9 nitrogen and oxygen atoms in total. The number of aryl methyl sites for hydroxylation is 1. The van der Waals surface area contributed by atoms with Gasteiger partial charge in [-0.05, 0) is 56.6 Å². The maximum Gasteiger partial charge on any atom is 0.293 e. The number of carbonyl (C=O) groups is 1. The number of sulfonamides is 1. The third kappa shape index (κ3) is 5.37. The molecule has 0 spiro atoms. The van der Waals surface area contributed by atoms with Gasteiger partial charge in [0.15, 0.2) is 0 Å². The second-order valence-corrected chi connectivity index (χ2v) is 8.47. The number of primary sulfonamides is 1. The lowest BCUT2D eigenvalue weighted by atomic mass is 10.1. The minimum Gasteiger partial charge on any atom is -0.319 e. The number of anilines is 1. The summed E-state index contributed by atoms with van der Waals surface area (Å²) in [4.78, 5) is 25.0. The minimum atomic E-state index is -3.77. The summed E-state index contributed by atoms with van der Waals surface area (Å²) in [6.07, 6.45) is 0. The molecule has 0 saturated heterocycles. The molecule has 2 rings (SSSR count). The third-order valence-electron chi connectivity index (χ3n) is 4.92. The van der Waals surface area contributed by atoms with Gasteiger partial charge < -0.3 is 5.32 Å². The highest BCUT2D eigenvalue weighted by Crippen LogP contribution is 2.30. The van der Waals surface area contributed by atoms with Crippen molar-refractivity contribution in [2.24, 2.45) is 5.14 Å². The van der Waals surface area contributed by atoms with Gasteiger partial charge in [-0.1, -0.05) is 18.2 Å². The van der Waals surface area contributed by atoms with Gasteiger partial charge >= 0.3 is 0 Å². The Morgan fingerprint density at radius 1 is 1.21 bits per heavy atom. The van der Waals surface area contributed by atoms with E-state index in [4.69, 9.17) is 5.14 Å². The lowest BCUT2D eigenvalue weighted by Crippen LogP contribution is -2.32. The summed E-state index contributed by atoms with van der Waals surface area (Å²) in [6.45, 7) is 5.38. The lowest BCUT2D eigenvalue weighted by molar-refractivity contribution is -0.384. The SMILES string of the molecule is Cc1ccc([N+](=O)[O-])c(NC(=O)CN(C)[C@@H](C)c2ccc(S(N)(=O)=O)cc2)c1C. The number of benzene rings is 2. The molecule has 1 amide bonds. The molecule has 1 atom stereocenters. The highest BCUT2D eigenvalue weighted by molar-refractivity contribution is 7.89. The Morgan fingerprint density at radius 3 is 2.31 bits per heavy atom. The van der Waals surface area contributed by atoms with E-state index in [1.807, 2.05) is 13.8 Å². The van der Waals surface area contributed by atoms with Gasteiger partial charge in [-0.25, -0.2) is 13.6 Å². The number of carbonyl (C=O) groups excluding carboxylic acids is 1. The fraction of sp³-hybridized carbons (Fsp3) is 0.316. The number of nitro groups is 1. The van der Waals surface area contributed by atoms with E-state index in [2.05, 4.69) is 5.32 Å². The van der Waals surface area contributed by atoms with Crippen LogP contribution in [0, 0.1) is 24.0 Å². The summed E-state index contributed by atoms with van der Waals surface area (Å²) in [5, 5.41) is 19.0. The molecule has 0 aliphatic rings. The molecule has 0 fully saturated rings. The highest BCUT2D eigenvalue weighted by Gasteiger charge is 2.21. The third-order valence-corrected chi connectivity index (χ3v) is 5.85. The second-order valence-electron chi connectivity index (χ2n) is 6.91. The first-order chi connectivity index (χ1) is 13.4. The monoisotopic (exact) mass is 420 g/mol. The fourth-order valence-electron chi connectivity index (χ4n) is 2.84. The van der Waals surface area contributed by atoms with Gasteiger partial charge in [-0.15, -0.1) is 0 Å². The summed E-state index contributed by atoms with van der Waals surface area (Å²) in [5.74, 6) is -0.391. The second kappa shape index (κ2) is 8.68. The van der Waals surface area contributed by atoms with Crippen LogP contribution in [0.25, 0.3) is 0 Å². The first-order valence-corrected chi connectivity index (χ1v) is 10.3. The molecular weight excluding hydrogens is 396 g/mol. The maximum atomic E-state index is 12.5. The fourth-order valence-corrected chi connectivity index (χ4v) is 3.36. The number of amides is 1. The molecule has 0 bridgehead atoms. The zero-order chi connectivity index (χ0) is 21.9. The summed E-state index contributed by atoms with van der Waals surface area (Å²) >= 11 is 0. The Hall–Kier alpha value is -2.82. The van der Waals surface area contributed by atoms with Crippen LogP contribution >= 0.6 is 0 Å². The van der Waals surface area contributed by atoms with E-state index >= 15 is 0 Å². The standard InChI is InChI=1S/C19H24N4O5S/c1-12-5-10-17(23(25)26)19(13(12)2)21-18(24)11-22(4)14(3)15-6-8-16(9-7-15)29(20,27)28/h5-10,14H,11H2,1-4H3,(H,21,24)(H2,20,27,28)/t14-/m0/s1. The predicted molar refractivity (Wildman–Crippen MR) is 110 cm³/mol. The van der Waals surface area contributed by atoms with E-state index in [0.29, 0.717) is 5.56 Å². The first kappa shape index (κ1) is 22.5. The Balaban J connectivity index is 2.13. The van der Waals surface area contributed by atoms with Gasteiger partial charge in [0.1, 0.15) is 5.69 Å². The van der Waals surface area contributed by atoms with Crippen LogP contribution in [0.3, 0.4) is 0 Å². The summed E-state index contributed by atoms with van der Waals surface area (Å²) in [6, 6.07) is 8.90. The van der Waals surface area contributed by atoms with Crippen molar-refractivity contribution in [2.75, 3.05) is 18.9 Å². The van der Waals surface area contributed by atoms with Gasteiger partial charge in [0.2, 0.25) is 15.9 Å². The van der Waals surface area contributed by atoms with Gasteiger partial charge in [0.05, 0.1) is 16.4 Å². The lowest BCUT2D eigenvalue weighted by Gasteiger charge is -2.24. The van der Waals surface area contributed by atoms with Crippen LogP contribution in [0.1, 0.15) is 29.7 Å². The van der Waals surface area contributed by atoms with Crippen molar-refractivity contribution in [3.05, 3.63) is 63.2 Å². The van der Waals surface area contributed by atoms with E-state index in [9.17, 15) is 23.3 Å². The van der Waals surface area contributed by atoms with Crippen molar-refractivity contribution in [1.29, 1.82) is 0 Å². The van der Waals surface area contributed by atoms with E-state index in [1.54, 1.807) is 37.1 Å². The number of nitro benzene ring substituents is 1. The minimum absolute atomic E-state index is 0.0103. The van der Waals surface area contributed by atoms with Crippen LogP contribution < -0.4 is 10.5 Å². The molecule has 0 aliphatic carbocycles. The van der Waals surface area contributed by atoms with Gasteiger partial charge in [-0.2, -0.15) is 0 Å². The molecule has 10 heteroatoms. The average Bonchev–Trinajstić information content (AvgIpc) is 2.64. The summed E-state index contributed by atoms with van der Waals surface area (Å²) in [7, 11) is -2.04. The molecule has 0 radical (unpaired) electrons. The number of nitrogens with one attached hydrogen (secondary N) is 1. The maximum absolute atomic E-state index is 12.5. The van der Waals surface area contributed by atoms with Crippen molar-refractivity contribution in [2.45, 2.75) is 31.7 Å². The van der Waals surface area contributed by atoms with Crippen LogP contribution in [0.5, 0.6) is 0 Å². The van der Waals surface area contributed by atoms with Crippen LogP contribution in [0.15, 0.2) is 41.3 Å². The van der Waals surface area contributed by atoms with Crippen molar-refractivity contribution in [3.8, 4) is 0 Å². The quantitative estimate of drug-likeness (QED) is 0.522. The van der Waals surface area contributed by atoms with Crippen LogP contribution in [0.4, 0.5) is 11.4 Å². The van der Waals surface area contributed by atoms with Crippen LogP contribution in [-0.2, 0) is 14.8 Å². The number of hydrogen-bond acceptors (Lipinski definition) is 6. The highest BCUT2D eigenvalue weighted by atomic mass is 32.2. The molecular formula is C19H24N4O5S. The van der Waals surface area contributed by atoms with Crippen molar-refractivity contribution >= 4 is 27.3 Å². The molecule has 0 aliphatic heterocycles. The number of likely N-dealkylation sites (N-methyl/N-ethyl adjacent to an activating group) is 1. The first-order valence-electron chi connectivity index (χ1n) is 8.79. The summed E-state index contributed by atoms with van der Waals surface area (Å²) in [5.41, 5.74) is 2.31.